The van der Waals surface area contributed by atoms with Gasteiger partial charge < -0.3 is 14.6 Å². The van der Waals surface area contributed by atoms with Gasteiger partial charge in [-0.1, -0.05) is 0 Å². The lowest BCUT2D eigenvalue weighted by atomic mass is 10.1. The largest absolute Gasteiger partial charge is 0.392 e. The molecule has 1 unspecified atom stereocenters. The number of piperidine rings is 1. The predicted molar refractivity (Wildman–Crippen MR) is 83.7 cm³/mol. The third kappa shape index (κ3) is 3.27. The summed E-state index contributed by atoms with van der Waals surface area (Å²) in [6.07, 6.45) is 4.46. The van der Waals surface area contributed by atoms with Crippen molar-refractivity contribution < 1.29 is 9.50 Å². The fraction of sp³-hybridized carbons (Fsp3) is 0.533. The number of imidazole rings is 1. The number of aliphatic hydroxyl groups excluding tert-OH is 1. The first-order valence-corrected chi connectivity index (χ1v) is 8.13. The van der Waals surface area contributed by atoms with Gasteiger partial charge in [0.15, 0.2) is 5.82 Å². The zero-order chi connectivity index (χ0) is 14.8. The van der Waals surface area contributed by atoms with E-state index in [1.165, 1.54) is 0 Å². The van der Waals surface area contributed by atoms with E-state index in [1.807, 2.05) is 10.6 Å². The topological polar surface area (TPSA) is 41.3 Å². The van der Waals surface area contributed by atoms with E-state index < -0.39 is 0 Å². The number of hydrogen-bond acceptors (Lipinski definition) is 3. The van der Waals surface area contributed by atoms with Gasteiger partial charge in [0.25, 0.3) is 0 Å². The van der Waals surface area contributed by atoms with Crippen molar-refractivity contribution in [3.63, 3.8) is 0 Å². The zero-order valence-corrected chi connectivity index (χ0v) is 13.4. The molecule has 2 heterocycles. The van der Waals surface area contributed by atoms with E-state index in [-0.39, 0.29) is 11.9 Å². The second-order valence-electron chi connectivity index (χ2n) is 5.62. The Morgan fingerprint density at radius 3 is 3.05 bits per heavy atom. The van der Waals surface area contributed by atoms with Crippen LogP contribution in [-0.4, -0.2) is 45.3 Å². The molecule has 1 aromatic carbocycles. The van der Waals surface area contributed by atoms with Gasteiger partial charge in [0.05, 0.1) is 22.4 Å². The first-order chi connectivity index (χ1) is 10.1. The average Bonchev–Trinajstić information content (AvgIpc) is 2.87. The summed E-state index contributed by atoms with van der Waals surface area (Å²) in [4.78, 5) is 6.46. The van der Waals surface area contributed by atoms with Gasteiger partial charge in [-0.3, -0.25) is 0 Å². The van der Waals surface area contributed by atoms with Crippen molar-refractivity contribution in [2.45, 2.75) is 31.9 Å². The van der Waals surface area contributed by atoms with Gasteiger partial charge in [-0.2, -0.15) is 0 Å². The van der Waals surface area contributed by atoms with E-state index in [9.17, 15) is 9.50 Å². The van der Waals surface area contributed by atoms with Gasteiger partial charge in [-0.25, -0.2) is 9.37 Å². The predicted octanol–water partition coefficient (Wildman–Crippen LogP) is 2.78. The number of β-amino-alcohol motifs (C(OH)–C–C–N with tert-alkyl or cyclic N) is 1. The summed E-state index contributed by atoms with van der Waals surface area (Å²) in [5.41, 5.74) is 1.24. The number of nitrogens with zero attached hydrogens (tertiary/aromatic N) is 3. The number of aliphatic hydroxyl groups is 1. The van der Waals surface area contributed by atoms with Crippen molar-refractivity contribution in [2.75, 3.05) is 19.6 Å². The molecule has 21 heavy (non-hydrogen) atoms. The number of halogens is 2. The normalized spacial score (nSPS) is 20.2. The Balaban J connectivity index is 1.62. The van der Waals surface area contributed by atoms with Crippen LogP contribution in [0.5, 0.6) is 0 Å². The summed E-state index contributed by atoms with van der Waals surface area (Å²) in [5, 5.41) is 9.66. The molecule has 1 fully saturated rings. The number of aryl methyl sites for hydroxylation is 1. The molecule has 3 rings (SSSR count). The lowest BCUT2D eigenvalue weighted by Gasteiger charge is -2.29. The third-order valence-corrected chi connectivity index (χ3v) is 4.65. The molecule has 1 saturated heterocycles. The van der Waals surface area contributed by atoms with Crippen LogP contribution in [0.25, 0.3) is 11.0 Å². The minimum atomic E-state index is -0.301. The minimum Gasteiger partial charge on any atom is -0.392 e. The summed E-state index contributed by atoms with van der Waals surface area (Å²) in [7, 11) is 0. The van der Waals surface area contributed by atoms with Gasteiger partial charge in [0, 0.05) is 13.1 Å². The quantitative estimate of drug-likeness (QED) is 0.916. The van der Waals surface area contributed by atoms with E-state index in [0.717, 1.165) is 51.0 Å². The van der Waals surface area contributed by atoms with Gasteiger partial charge in [-0.15, -0.1) is 0 Å². The SMILES string of the molecule is OC1CCCN(CCCn2cnc3c(F)c(Br)ccc32)C1. The molecule has 0 aliphatic carbocycles. The van der Waals surface area contributed by atoms with Crippen LogP contribution in [-0.2, 0) is 6.54 Å². The van der Waals surface area contributed by atoms with E-state index >= 15 is 0 Å². The molecule has 1 aliphatic heterocycles. The summed E-state index contributed by atoms with van der Waals surface area (Å²) >= 11 is 3.18. The van der Waals surface area contributed by atoms with Gasteiger partial charge in [0.1, 0.15) is 5.52 Å². The van der Waals surface area contributed by atoms with E-state index in [1.54, 1.807) is 12.4 Å². The van der Waals surface area contributed by atoms with E-state index in [0.29, 0.717) is 9.99 Å². The number of aromatic nitrogens is 2. The van der Waals surface area contributed by atoms with Crippen molar-refractivity contribution in [2.24, 2.45) is 0 Å². The summed E-state index contributed by atoms with van der Waals surface area (Å²) in [6, 6.07) is 3.61. The zero-order valence-electron chi connectivity index (χ0n) is 11.8. The van der Waals surface area contributed by atoms with Crippen LogP contribution in [0.15, 0.2) is 22.9 Å². The molecule has 0 radical (unpaired) electrons. The van der Waals surface area contributed by atoms with Crippen molar-refractivity contribution >= 4 is 27.0 Å². The molecule has 1 aromatic heterocycles. The Morgan fingerprint density at radius 2 is 2.24 bits per heavy atom. The van der Waals surface area contributed by atoms with Crippen LogP contribution < -0.4 is 0 Å². The van der Waals surface area contributed by atoms with Crippen molar-refractivity contribution in [1.82, 2.24) is 14.5 Å². The third-order valence-electron chi connectivity index (χ3n) is 4.04. The fourth-order valence-corrected chi connectivity index (χ4v) is 3.27. The Bertz CT molecular complexity index is 631. The molecule has 2 aromatic rings. The number of likely N-dealkylation sites (tertiary alicyclic amines) is 1. The maximum Gasteiger partial charge on any atom is 0.165 e. The number of fused-ring (bicyclic) bond motifs is 1. The highest BCUT2D eigenvalue weighted by Gasteiger charge is 2.17. The van der Waals surface area contributed by atoms with Crippen LogP contribution in [0.4, 0.5) is 4.39 Å². The molecule has 1 atom stereocenters. The molecule has 1 aliphatic rings. The Labute approximate surface area is 131 Å². The second-order valence-corrected chi connectivity index (χ2v) is 6.47. The molecule has 4 nitrogen and oxygen atoms in total. The van der Waals surface area contributed by atoms with Crippen molar-refractivity contribution in [3.8, 4) is 0 Å². The van der Waals surface area contributed by atoms with Crippen molar-refractivity contribution in [1.29, 1.82) is 0 Å². The maximum atomic E-state index is 13.9. The standard InChI is InChI=1S/C15H19BrFN3O/c16-12-4-5-13-15(14(12)17)18-10-20(13)8-2-7-19-6-1-3-11(21)9-19/h4-5,10-11,21H,1-3,6-9H2. The Morgan fingerprint density at radius 1 is 1.38 bits per heavy atom. The van der Waals surface area contributed by atoms with Crippen LogP contribution >= 0.6 is 15.9 Å². The molecule has 0 bridgehead atoms. The highest BCUT2D eigenvalue weighted by Crippen LogP contribution is 2.24. The maximum absolute atomic E-state index is 13.9. The van der Waals surface area contributed by atoms with Crippen LogP contribution in [0, 0.1) is 5.82 Å². The van der Waals surface area contributed by atoms with E-state index in [4.69, 9.17) is 0 Å². The molecule has 0 saturated carbocycles. The molecule has 114 valence electrons. The molecule has 1 N–H and O–H groups in total. The second kappa shape index (κ2) is 6.42. The lowest BCUT2D eigenvalue weighted by molar-refractivity contribution is 0.0696. The van der Waals surface area contributed by atoms with Gasteiger partial charge >= 0.3 is 0 Å². The van der Waals surface area contributed by atoms with Crippen LogP contribution in [0.2, 0.25) is 0 Å². The highest BCUT2D eigenvalue weighted by atomic mass is 79.9. The summed E-state index contributed by atoms with van der Waals surface area (Å²) < 4.78 is 16.3. The Kier molecular flexibility index (Phi) is 4.57. The van der Waals surface area contributed by atoms with Gasteiger partial charge in [-0.05, 0) is 60.4 Å². The monoisotopic (exact) mass is 355 g/mol. The van der Waals surface area contributed by atoms with Crippen LogP contribution in [0.3, 0.4) is 0 Å². The van der Waals surface area contributed by atoms with E-state index in [2.05, 4.69) is 25.8 Å². The summed E-state index contributed by atoms with van der Waals surface area (Å²) in [5.74, 6) is -0.301. The van der Waals surface area contributed by atoms with Crippen molar-refractivity contribution in [3.05, 3.63) is 28.7 Å². The fourth-order valence-electron chi connectivity index (χ4n) is 2.95. The molecule has 0 spiro atoms. The summed E-state index contributed by atoms with van der Waals surface area (Å²) in [6.45, 7) is 3.59. The number of benzene rings is 1. The first kappa shape index (κ1) is 14.9. The lowest BCUT2D eigenvalue weighted by Crippen LogP contribution is -2.38. The minimum absolute atomic E-state index is 0.181. The highest BCUT2D eigenvalue weighted by molar-refractivity contribution is 9.10. The molecule has 0 amide bonds. The molecular weight excluding hydrogens is 337 g/mol. The first-order valence-electron chi connectivity index (χ1n) is 7.34. The Hall–Kier alpha value is -0.980. The molecule has 6 heteroatoms. The number of rotatable bonds is 4. The smallest absolute Gasteiger partial charge is 0.165 e. The number of hydrogen-bond donors (Lipinski definition) is 1. The van der Waals surface area contributed by atoms with Crippen LogP contribution in [0.1, 0.15) is 19.3 Å². The molecular formula is C15H19BrFN3O. The average molecular weight is 356 g/mol. The van der Waals surface area contributed by atoms with Gasteiger partial charge in [0.2, 0.25) is 0 Å².